The maximum Gasteiger partial charge on any atom is 0.229 e. The van der Waals surface area contributed by atoms with Gasteiger partial charge in [0, 0.05) is 24.3 Å². The Kier molecular flexibility index (Phi) is 3.66. The van der Waals surface area contributed by atoms with Gasteiger partial charge in [-0.3, -0.25) is 9.48 Å². The number of nitrogens with zero attached hydrogens (tertiary/aromatic N) is 3. The first-order valence-electron chi connectivity index (χ1n) is 6.59. The fourth-order valence-corrected chi connectivity index (χ4v) is 2.87. The van der Waals surface area contributed by atoms with E-state index in [-0.39, 0.29) is 5.12 Å². The second-order valence-corrected chi connectivity index (χ2v) is 5.84. The maximum absolute atomic E-state index is 12.5. The molecule has 3 rings (SSSR count). The molecule has 0 bridgehead atoms. The Morgan fingerprint density at radius 3 is 2.48 bits per heavy atom. The van der Waals surface area contributed by atoms with Crippen LogP contribution in [0.2, 0.25) is 0 Å². The van der Waals surface area contributed by atoms with E-state index in [0.717, 1.165) is 10.7 Å². The van der Waals surface area contributed by atoms with Crippen LogP contribution in [0.3, 0.4) is 0 Å². The highest BCUT2D eigenvalue weighted by atomic mass is 32.2. The number of thioether (sulfide) groups is 1. The number of benzene rings is 1. The summed E-state index contributed by atoms with van der Waals surface area (Å²) < 4.78 is 3.61. The summed E-state index contributed by atoms with van der Waals surface area (Å²) in [4.78, 5) is 13.5. The van der Waals surface area contributed by atoms with Crippen LogP contribution in [0.1, 0.15) is 15.9 Å². The van der Waals surface area contributed by atoms with Gasteiger partial charge in [0.1, 0.15) is 5.82 Å². The highest BCUT2D eigenvalue weighted by molar-refractivity contribution is 8.14. The van der Waals surface area contributed by atoms with E-state index in [1.165, 1.54) is 17.3 Å². The second-order valence-electron chi connectivity index (χ2n) is 4.80. The van der Waals surface area contributed by atoms with Crippen LogP contribution >= 0.6 is 11.8 Å². The van der Waals surface area contributed by atoms with Crippen molar-refractivity contribution in [1.29, 1.82) is 0 Å². The number of hydrogen-bond donors (Lipinski definition) is 0. The molecular weight excluding hydrogens is 282 g/mol. The summed E-state index contributed by atoms with van der Waals surface area (Å²) in [5.74, 6) is 0.782. The Morgan fingerprint density at radius 2 is 1.81 bits per heavy atom. The fourth-order valence-electron chi connectivity index (χ4n) is 2.13. The Bertz CT molecular complexity index is 757. The Hall–Kier alpha value is -2.27. The Balaban J connectivity index is 1.90. The van der Waals surface area contributed by atoms with Crippen LogP contribution in [-0.4, -0.2) is 19.5 Å². The first-order valence-corrected chi connectivity index (χ1v) is 7.41. The van der Waals surface area contributed by atoms with E-state index in [1.807, 2.05) is 67.3 Å². The SMILES string of the molecule is Cc1ccc(SC(=O)c2cnn(C)c2-n2cccc2)cc1. The zero-order valence-electron chi connectivity index (χ0n) is 11.9. The Morgan fingerprint density at radius 1 is 1.14 bits per heavy atom. The van der Waals surface area contributed by atoms with Gasteiger partial charge in [-0.05, 0) is 43.0 Å². The van der Waals surface area contributed by atoms with E-state index in [9.17, 15) is 4.79 Å². The predicted octanol–water partition coefficient (Wildman–Crippen LogP) is 3.45. The van der Waals surface area contributed by atoms with Crippen LogP contribution in [-0.2, 0) is 7.05 Å². The normalized spacial score (nSPS) is 10.8. The van der Waals surface area contributed by atoms with Gasteiger partial charge in [-0.2, -0.15) is 5.10 Å². The minimum Gasteiger partial charge on any atom is -0.308 e. The van der Waals surface area contributed by atoms with E-state index in [2.05, 4.69) is 5.10 Å². The highest BCUT2D eigenvalue weighted by Gasteiger charge is 2.18. The van der Waals surface area contributed by atoms with Crippen LogP contribution in [0.5, 0.6) is 0 Å². The lowest BCUT2D eigenvalue weighted by molar-refractivity contribution is 0.108. The van der Waals surface area contributed by atoms with Crippen molar-refractivity contribution in [1.82, 2.24) is 14.3 Å². The molecule has 2 heterocycles. The zero-order chi connectivity index (χ0) is 14.8. The van der Waals surface area contributed by atoms with Crippen molar-refractivity contribution in [3.63, 3.8) is 0 Å². The molecule has 2 aromatic heterocycles. The molecule has 0 radical (unpaired) electrons. The van der Waals surface area contributed by atoms with E-state index in [0.29, 0.717) is 5.56 Å². The third-order valence-corrected chi connectivity index (χ3v) is 4.12. The molecule has 5 heteroatoms. The van der Waals surface area contributed by atoms with Gasteiger partial charge in [-0.15, -0.1) is 0 Å². The van der Waals surface area contributed by atoms with E-state index in [1.54, 1.807) is 10.9 Å². The molecule has 0 aliphatic heterocycles. The first-order chi connectivity index (χ1) is 10.1. The molecule has 0 amide bonds. The second kappa shape index (κ2) is 5.61. The third kappa shape index (κ3) is 2.78. The standard InChI is InChI=1S/C16H15N3OS/c1-12-5-7-13(8-6-12)21-16(20)14-11-17-18(2)15(14)19-9-3-4-10-19/h3-11H,1-2H3. The van der Waals surface area contributed by atoms with Crippen molar-refractivity contribution in [2.24, 2.45) is 7.05 Å². The van der Waals surface area contributed by atoms with Crippen LogP contribution < -0.4 is 0 Å². The molecule has 0 atom stereocenters. The first kappa shape index (κ1) is 13.7. The van der Waals surface area contributed by atoms with Gasteiger partial charge in [0.25, 0.3) is 0 Å². The van der Waals surface area contributed by atoms with Crippen LogP contribution in [0.4, 0.5) is 0 Å². The minimum absolute atomic E-state index is 0.00402. The molecular formula is C16H15N3OS. The summed E-state index contributed by atoms with van der Waals surface area (Å²) in [6, 6.07) is 11.8. The van der Waals surface area contributed by atoms with Gasteiger partial charge in [0.05, 0.1) is 11.8 Å². The summed E-state index contributed by atoms with van der Waals surface area (Å²) in [5, 5.41) is 4.21. The summed E-state index contributed by atoms with van der Waals surface area (Å²) in [6.07, 6.45) is 5.44. The van der Waals surface area contributed by atoms with E-state index in [4.69, 9.17) is 0 Å². The molecule has 4 nitrogen and oxygen atoms in total. The highest BCUT2D eigenvalue weighted by Crippen LogP contribution is 2.26. The predicted molar refractivity (Wildman–Crippen MR) is 83.9 cm³/mol. The lowest BCUT2D eigenvalue weighted by Gasteiger charge is -2.06. The molecule has 3 aromatic rings. The van der Waals surface area contributed by atoms with Gasteiger partial charge in [-0.25, -0.2) is 0 Å². The van der Waals surface area contributed by atoms with Crippen molar-refractivity contribution in [2.75, 3.05) is 0 Å². The Labute approximate surface area is 127 Å². The van der Waals surface area contributed by atoms with Crippen LogP contribution in [0, 0.1) is 6.92 Å². The lowest BCUT2D eigenvalue weighted by Crippen LogP contribution is -2.05. The zero-order valence-corrected chi connectivity index (χ0v) is 12.7. The molecule has 0 aliphatic carbocycles. The average Bonchev–Trinajstić information content (AvgIpc) is 3.10. The molecule has 106 valence electrons. The number of aromatic nitrogens is 3. The molecule has 0 unspecified atom stereocenters. The molecule has 0 aliphatic rings. The number of aryl methyl sites for hydroxylation is 2. The number of hydrogen-bond acceptors (Lipinski definition) is 3. The quantitative estimate of drug-likeness (QED) is 0.695. The van der Waals surface area contributed by atoms with Crippen molar-refractivity contribution in [2.45, 2.75) is 11.8 Å². The van der Waals surface area contributed by atoms with Gasteiger partial charge in [0.15, 0.2) is 0 Å². The average molecular weight is 297 g/mol. The summed E-state index contributed by atoms with van der Waals surface area (Å²) in [6.45, 7) is 2.03. The van der Waals surface area contributed by atoms with Crippen LogP contribution in [0.15, 0.2) is 59.9 Å². The van der Waals surface area contributed by atoms with Gasteiger partial charge >= 0.3 is 0 Å². The molecule has 0 saturated heterocycles. The summed E-state index contributed by atoms with van der Waals surface area (Å²) >= 11 is 1.22. The van der Waals surface area contributed by atoms with Crippen molar-refractivity contribution >= 4 is 16.9 Å². The molecule has 21 heavy (non-hydrogen) atoms. The van der Waals surface area contributed by atoms with Gasteiger partial charge in [0.2, 0.25) is 5.12 Å². The van der Waals surface area contributed by atoms with Crippen molar-refractivity contribution < 1.29 is 4.79 Å². The largest absolute Gasteiger partial charge is 0.308 e. The summed E-state index contributed by atoms with van der Waals surface area (Å²) in [7, 11) is 1.84. The molecule has 0 saturated carbocycles. The van der Waals surface area contributed by atoms with Gasteiger partial charge in [-0.1, -0.05) is 17.7 Å². The molecule has 0 fully saturated rings. The third-order valence-electron chi connectivity index (χ3n) is 3.21. The van der Waals surface area contributed by atoms with Crippen molar-refractivity contribution in [3.8, 4) is 5.82 Å². The number of rotatable bonds is 3. The van der Waals surface area contributed by atoms with Crippen molar-refractivity contribution in [3.05, 3.63) is 66.1 Å². The molecule has 0 spiro atoms. The topological polar surface area (TPSA) is 39.8 Å². The van der Waals surface area contributed by atoms with E-state index >= 15 is 0 Å². The lowest BCUT2D eigenvalue weighted by atomic mass is 10.2. The summed E-state index contributed by atoms with van der Waals surface area (Å²) in [5.41, 5.74) is 1.79. The van der Waals surface area contributed by atoms with E-state index < -0.39 is 0 Å². The monoisotopic (exact) mass is 297 g/mol. The number of carbonyl (C=O) groups is 1. The smallest absolute Gasteiger partial charge is 0.229 e. The number of carbonyl (C=O) groups excluding carboxylic acids is 1. The van der Waals surface area contributed by atoms with Gasteiger partial charge < -0.3 is 4.57 Å². The van der Waals surface area contributed by atoms with Crippen LogP contribution in [0.25, 0.3) is 5.82 Å². The molecule has 0 N–H and O–H groups in total. The molecule has 1 aromatic carbocycles. The minimum atomic E-state index is -0.00402. The fraction of sp³-hybridized carbons (Fsp3) is 0.125. The maximum atomic E-state index is 12.5.